The average molecular weight is 237 g/mol. The standard InChI is InChI=1S/C13H10F3N/c1-9(13(14,15)16)17-12-8-4-6-10-5-2-3-7-11(10)12/h2-8H,1H3. The van der Waals surface area contributed by atoms with Crippen molar-refractivity contribution in [2.75, 3.05) is 0 Å². The lowest BCUT2D eigenvalue weighted by molar-refractivity contribution is -0.0591. The number of hydrogen-bond donors (Lipinski definition) is 0. The van der Waals surface area contributed by atoms with E-state index in [1.807, 2.05) is 18.2 Å². The van der Waals surface area contributed by atoms with E-state index < -0.39 is 11.9 Å². The minimum Gasteiger partial charge on any atom is -0.248 e. The van der Waals surface area contributed by atoms with Gasteiger partial charge in [0.15, 0.2) is 0 Å². The van der Waals surface area contributed by atoms with Crippen molar-refractivity contribution < 1.29 is 13.2 Å². The Labute approximate surface area is 96.6 Å². The molecule has 0 atom stereocenters. The van der Waals surface area contributed by atoms with Crippen LogP contribution in [-0.4, -0.2) is 11.9 Å². The molecule has 0 amide bonds. The molecule has 17 heavy (non-hydrogen) atoms. The third-order valence-electron chi connectivity index (χ3n) is 2.47. The predicted octanol–water partition coefficient (Wildman–Crippen LogP) is 4.49. The fourth-order valence-electron chi connectivity index (χ4n) is 1.55. The van der Waals surface area contributed by atoms with Crippen molar-refractivity contribution in [1.29, 1.82) is 0 Å². The Bertz CT molecular complexity index is 565. The predicted molar refractivity (Wildman–Crippen MR) is 62.8 cm³/mol. The summed E-state index contributed by atoms with van der Waals surface area (Å²) in [6.07, 6.45) is -4.38. The molecule has 0 unspecified atom stereocenters. The highest BCUT2D eigenvalue weighted by Gasteiger charge is 2.31. The van der Waals surface area contributed by atoms with Crippen LogP contribution in [0.15, 0.2) is 47.5 Å². The van der Waals surface area contributed by atoms with E-state index in [1.54, 1.807) is 24.3 Å². The molecule has 0 spiro atoms. The lowest BCUT2D eigenvalue weighted by Gasteiger charge is -2.07. The molecule has 2 rings (SSSR count). The molecule has 0 aliphatic heterocycles. The van der Waals surface area contributed by atoms with E-state index in [0.29, 0.717) is 5.69 Å². The lowest BCUT2D eigenvalue weighted by Crippen LogP contribution is -2.18. The quantitative estimate of drug-likeness (QED) is 0.648. The Morgan fingerprint density at radius 1 is 1.00 bits per heavy atom. The van der Waals surface area contributed by atoms with Gasteiger partial charge < -0.3 is 0 Å². The van der Waals surface area contributed by atoms with Gasteiger partial charge >= 0.3 is 6.18 Å². The van der Waals surface area contributed by atoms with Crippen LogP contribution >= 0.6 is 0 Å². The average Bonchev–Trinajstić information content (AvgIpc) is 2.28. The Morgan fingerprint density at radius 2 is 1.65 bits per heavy atom. The molecule has 0 N–H and O–H groups in total. The molecule has 0 saturated heterocycles. The second-order valence-electron chi connectivity index (χ2n) is 3.69. The molecule has 0 bridgehead atoms. The van der Waals surface area contributed by atoms with Gasteiger partial charge in [0.1, 0.15) is 5.71 Å². The van der Waals surface area contributed by atoms with Crippen LogP contribution in [-0.2, 0) is 0 Å². The van der Waals surface area contributed by atoms with Crippen LogP contribution < -0.4 is 0 Å². The SMILES string of the molecule is CC(=Nc1cccc2ccccc12)C(F)(F)F. The zero-order chi connectivity index (χ0) is 12.5. The Hall–Kier alpha value is -1.84. The van der Waals surface area contributed by atoms with Gasteiger partial charge in [-0.25, -0.2) is 4.99 Å². The number of aliphatic imine (C=N–C) groups is 1. The highest BCUT2D eigenvalue weighted by molar-refractivity contribution is 5.97. The second kappa shape index (κ2) is 4.20. The molecular weight excluding hydrogens is 227 g/mol. The van der Waals surface area contributed by atoms with E-state index >= 15 is 0 Å². The first kappa shape index (κ1) is 11.6. The van der Waals surface area contributed by atoms with Gasteiger partial charge in [-0.05, 0) is 18.4 Å². The maximum Gasteiger partial charge on any atom is 0.429 e. The monoisotopic (exact) mass is 237 g/mol. The van der Waals surface area contributed by atoms with Crippen LogP contribution in [0.5, 0.6) is 0 Å². The van der Waals surface area contributed by atoms with E-state index in [4.69, 9.17) is 0 Å². The maximum absolute atomic E-state index is 12.4. The summed E-state index contributed by atoms with van der Waals surface area (Å²) in [7, 11) is 0. The van der Waals surface area contributed by atoms with Gasteiger partial charge in [-0.1, -0.05) is 36.4 Å². The molecule has 1 nitrogen and oxygen atoms in total. The van der Waals surface area contributed by atoms with Crippen LogP contribution in [0.2, 0.25) is 0 Å². The molecular formula is C13H10F3N. The second-order valence-corrected chi connectivity index (χ2v) is 3.69. The van der Waals surface area contributed by atoms with Crippen molar-refractivity contribution >= 4 is 22.2 Å². The molecule has 0 heterocycles. The third-order valence-corrected chi connectivity index (χ3v) is 2.47. The zero-order valence-electron chi connectivity index (χ0n) is 9.12. The van der Waals surface area contributed by atoms with Crippen LogP contribution in [0.1, 0.15) is 6.92 Å². The summed E-state index contributed by atoms with van der Waals surface area (Å²) in [6.45, 7) is 0.974. The summed E-state index contributed by atoms with van der Waals surface area (Å²) >= 11 is 0. The van der Waals surface area contributed by atoms with Gasteiger partial charge in [-0.3, -0.25) is 0 Å². The number of benzene rings is 2. The summed E-state index contributed by atoms with van der Waals surface area (Å²) in [5.41, 5.74) is -0.494. The maximum atomic E-state index is 12.4. The smallest absolute Gasteiger partial charge is 0.248 e. The Kier molecular flexibility index (Phi) is 2.88. The van der Waals surface area contributed by atoms with Crippen molar-refractivity contribution in [1.82, 2.24) is 0 Å². The highest BCUT2D eigenvalue weighted by atomic mass is 19.4. The van der Waals surface area contributed by atoms with Gasteiger partial charge in [0, 0.05) is 5.39 Å². The summed E-state index contributed by atoms with van der Waals surface area (Å²) < 4.78 is 37.2. The molecule has 0 saturated carbocycles. The number of rotatable bonds is 1. The largest absolute Gasteiger partial charge is 0.429 e. The summed E-state index contributed by atoms with van der Waals surface area (Å²) in [4.78, 5) is 3.65. The molecule has 4 heteroatoms. The van der Waals surface area contributed by atoms with Gasteiger partial charge in [0.25, 0.3) is 0 Å². The minimum absolute atomic E-state index is 0.345. The molecule has 88 valence electrons. The number of alkyl halides is 3. The number of nitrogens with zero attached hydrogens (tertiary/aromatic N) is 1. The van der Waals surface area contributed by atoms with E-state index in [-0.39, 0.29) is 0 Å². The molecule has 0 fully saturated rings. The summed E-state index contributed by atoms with van der Waals surface area (Å²) in [5, 5.41) is 1.60. The first-order valence-electron chi connectivity index (χ1n) is 5.09. The molecule has 2 aromatic carbocycles. The van der Waals surface area contributed by atoms with Gasteiger partial charge in [-0.15, -0.1) is 0 Å². The highest BCUT2D eigenvalue weighted by Crippen LogP contribution is 2.28. The number of halogens is 3. The summed E-state index contributed by atoms with van der Waals surface area (Å²) in [6, 6.07) is 12.4. The number of hydrogen-bond acceptors (Lipinski definition) is 1. The molecule has 0 aliphatic rings. The van der Waals surface area contributed by atoms with Crippen LogP contribution in [0, 0.1) is 0 Å². The summed E-state index contributed by atoms with van der Waals surface area (Å²) in [5.74, 6) is 0. The third kappa shape index (κ3) is 2.46. The van der Waals surface area contributed by atoms with Crippen LogP contribution in [0.4, 0.5) is 18.9 Å². The first-order chi connectivity index (χ1) is 7.98. The first-order valence-corrected chi connectivity index (χ1v) is 5.09. The molecule has 0 aliphatic carbocycles. The minimum atomic E-state index is -4.38. The fraction of sp³-hybridized carbons (Fsp3) is 0.154. The van der Waals surface area contributed by atoms with Crippen molar-refractivity contribution in [3.05, 3.63) is 42.5 Å². The van der Waals surface area contributed by atoms with E-state index in [0.717, 1.165) is 17.7 Å². The van der Waals surface area contributed by atoms with Gasteiger partial charge in [0.05, 0.1) is 5.69 Å². The van der Waals surface area contributed by atoms with Crippen LogP contribution in [0.3, 0.4) is 0 Å². The molecule has 0 aromatic heterocycles. The Balaban J connectivity index is 2.57. The lowest BCUT2D eigenvalue weighted by atomic mass is 10.1. The van der Waals surface area contributed by atoms with Gasteiger partial charge in [-0.2, -0.15) is 13.2 Å². The topological polar surface area (TPSA) is 12.4 Å². The van der Waals surface area contributed by atoms with Crippen molar-refractivity contribution in [2.45, 2.75) is 13.1 Å². The normalized spacial score (nSPS) is 13.1. The Morgan fingerprint density at radius 3 is 2.35 bits per heavy atom. The van der Waals surface area contributed by atoms with E-state index in [9.17, 15) is 13.2 Å². The van der Waals surface area contributed by atoms with Crippen molar-refractivity contribution in [3.63, 3.8) is 0 Å². The van der Waals surface area contributed by atoms with Crippen molar-refractivity contribution in [2.24, 2.45) is 4.99 Å². The van der Waals surface area contributed by atoms with Gasteiger partial charge in [0.2, 0.25) is 0 Å². The van der Waals surface area contributed by atoms with E-state index in [2.05, 4.69) is 4.99 Å². The van der Waals surface area contributed by atoms with E-state index in [1.165, 1.54) is 0 Å². The molecule has 2 aromatic rings. The fourth-order valence-corrected chi connectivity index (χ4v) is 1.55. The van der Waals surface area contributed by atoms with Crippen molar-refractivity contribution in [3.8, 4) is 0 Å². The zero-order valence-corrected chi connectivity index (χ0v) is 9.12. The van der Waals surface area contributed by atoms with Crippen LogP contribution in [0.25, 0.3) is 10.8 Å². The number of fused-ring (bicyclic) bond motifs is 1. The molecule has 0 radical (unpaired) electrons.